The van der Waals surface area contributed by atoms with Crippen molar-refractivity contribution in [2.45, 2.75) is 12.3 Å². The first-order chi connectivity index (χ1) is 13.0. The van der Waals surface area contributed by atoms with E-state index >= 15 is 0 Å². The number of anilines is 1. The summed E-state index contributed by atoms with van der Waals surface area (Å²) in [6.07, 6.45) is -0.307. The molecule has 8 heteroatoms. The van der Waals surface area contributed by atoms with Crippen LogP contribution in [0.1, 0.15) is 38.6 Å². The number of nitrogens with zero attached hydrogens (tertiary/aromatic N) is 1. The van der Waals surface area contributed by atoms with Gasteiger partial charge in [0, 0.05) is 11.8 Å². The molecule has 0 aliphatic carbocycles. The van der Waals surface area contributed by atoms with E-state index in [0.717, 1.165) is 0 Å². The number of hydroxylamine groups is 2. The molecule has 136 valence electrons. The minimum Gasteiger partial charge on any atom is -0.497 e. The average molecular weight is 366 g/mol. The molecule has 2 aromatic carbocycles. The molecule has 8 nitrogen and oxygen atoms in total. The van der Waals surface area contributed by atoms with Crippen LogP contribution < -0.4 is 10.1 Å². The SMILES string of the molecule is COc1ccc2c(c1)NC(=O)C2CC(=O)ON1C(=O)c2ccccc2C1=O. The molecule has 2 aliphatic heterocycles. The molecular formula is C19H14N2O6. The van der Waals surface area contributed by atoms with Gasteiger partial charge in [0.1, 0.15) is 5.75 Å². The number of hydrogen-bond acceptors (Lipinski definition) is 6. The number of benzene rings is 2. The highest BCUT2D eigenvalue weighted by Gasteiger charge is 2.40. The van der Waals surface area contributed by atoms with Gasteiger partial charge in [0.15, 0.2) is 0 Å². The van der Waals surface area contributed by atoms with Crippen LogP contribution in [-0.2, 0) is 14.4 Å². The fourth-order valence-corrected chi connectivity index (χ4v) is 3.19. The first-order valence-electron chi connectivity index (χ1n) is 8.17. The van der Waals surface area contributed by atoms with Crippen molar-refractivity contribution in [2.24, 2.45) is 0 Å². The second kappa shape index (κ2) is 6.24. The van der Waals surface area contributed by atoms with Crippen molar-refractivity contribution in [3.05, 3.63) is 59.2 Å². The van der Waals surface area contributed by atoms with Crippen molar-refractivity contribution in [3.8, 4) is 5.75 Å². The van der Waals surface area contributed by atoms with Gasteiger partial charge in [-0.2, -0.15) is 0 Å². The number of carbonyl (C=O) groups excluding carboxylic acids is 4. The molecule has 0 spiro atoms. The van der Waals surface area contributed by atoms with Crippen LogP contribution in [0.25, 0.3) is 0 Å². The number of methoxy groups -OCH3 is 1. The van der Waals surface area contributed by atoms with Crippen molar-refractivity contribution < 1.29 is 28.8 Å². The van der Waals surface area contributed by atoms with E-state index in [9.17, 15) is 19.2 Å². The van der Waals surface area contributed by atoms with Crippen LogP contribution in [0.3, 0.4) is 0 Å². The maximum atomic E-state index is 12.3. The lowest BCUT2D eigenvalue weighted by molar-refractivity contribution is -0.169. The number of ether oxygens (including phenoxy) is 1. The van der Waals surface area contributed by atoms with Crippen molar-refractivity contribution >= 4 is 29.4 Å². The third-order valence-corrected chi connectivity index (χ3v) is 4.53. The van der Waals surface area contributed by atoms with Crippen molar-refractivity contribution in [2.75, 3.05) is 12.4 Å². The van der Waals surface area contributed by atoms with Gasteiger partial charge in [0.05, 0.1) is 30.6 Å². The summed E-state index contributed by atoms with van der Waals surface area (Å²) < 4.78 is 5.11. The summed E-state index contributed by atoms with van der Waals surface area (Å²) in [6.45, 7) is 0. The third-order valence-electron chi connectivity index (χ3n) is 4.53. The average Bonchev–Trinajstić information content (AvgIpc) is 3.10. The number of imide groups is 1. The highest BCUT2D eigenvalue weighted by molar-refractivity contribution is 6.21. The van der Waals surface area contributed by atoms with Crippen LogP contribution in [0.5, 0.6) is 5.75 Å². The summed E-state index contributed by atoms with van der Waals surface area (Å²) in [7, 11) is 1.51. The Morgan fingerprint density at radius 3 is 2.37 bits per heavy atom. The predicted molar refractivity (Wildman–Crippen MR) is 92.0 cm³/mol. The zero-order valence-electron chi connectivity index (χ0n) is 14.2. The van der Waals surface area contributed by atoms with Crippen LogP contribution in [0.4, 0.5) is 5.69 Å². The predicted octanol–water partition coefficient (Wildman–Crippen LogP) is 1.88. The Kier molecular flexibility index (Phi) is 3.88. The molecule has 27 heavy (non-hydrogen) atoms. The van der Waals surface area contributed by atoms with E-state index in [0.29, 0.717) is 22.1 Å². The maximum Gasteiger partial charge on any atom is 0.334 e. The van der Waals surface area contributed by atoms with Gasteiger partial charge in [-0.05, 0) is 23.8 Å². The second-order valence-electron chi connectivity index (χ2n) is 6.11. The minimum absolute atomic E-state index is 0.173. The van der Waals surface area contributed by atoms with Crippen molar-refractivity contribution in [1.29, 1.82) is 0 Å². The normalized spacial score (nSPS) is 17.4. The van der Waals surface area contributed by atoms with Crippen LogP contribution in [-0.4, -0.2) is 35.9 Å². The highest BCUT2D eigenvalue weighted by Crippen LogP contribution is 2.37. The smallest absolute Gasteiger partial charge is 0.334 e. The number of hydrogen-bond donors (Lipinski definition) is 1. The number of nitrogens with one attached hydrogen (secondary N) is 1. The molecule has 3 amide bonds. The van der Waals surface area contributed by atoms with Crippen LogP contribution >= 0.6 is 0 Å². The number of amides is 3. The van der Waals surface area contributed by atoms with Gasteiger partial charge in [0.25, 0.3) is 11.8 Å². The number of rotatable bonds is 4. The molecule has 0 saturated carbocycles. The molecule has 4 rings (SSSR count). The lowest BCUT2D eigenvalue weighted by Crippen LogP contribution is -2.33. The topological polar surface area (TPSA) is 102 Å². The summed E-state index contributed by atoms with van der Waals surface area (Å²) in [6, 6.07) is 11.2. The Morgan fingerprint density at radius 1 is 1.07 bits per heavy atom. The van der Waals surface area contributed by atoms with Gasteiger partial charge in [-0.15, -0.1) is 0 Å². The zero-order chi connectivity index (χ0) is 19.1. The summed E-state index contributed by atoms with van der Waals surface area (Å²) in [5, 5.41) is 3.12. The molecule has 1 unspecified atom stereocenters. The number of fused-ring (bicyclic) bond motifs is 2. The van der Waals surface area contributed by atoms with Crippen molar-refractivity contribution in [1.82, 2.24) is 5.06 Å². The standard InChI is InChI=1S/C19H14N2O6/c1-26-10-6-7-11-14(17(23)20-15(11)8-10)9-16(22)27-21-18(24)12-4-2-3-5-13(12)19(21)25/h2-8,14H,9H2,1H3,(H,20,23). The van der Waals surface area contributed by atoms with E-state index in [-0.39, 0.29) is 23.5 Å². The molecule has 2 aromatic rings. The highest BCUT2D eigenvalue weighted by atomic mass is 16.7. The summed E-state index contributed by atoms with van der Waals surface area (Å²) in [5.74, 6) is -2.82. The summed E-state index contributed by atoms with van der Waals surface area (Å²) in [4.78, 5) is 54.0. The van der Waals surface area contributed by atoms with Gasteiger partial charge in [-0.1, -0.05) is 23.3 Å². The Labute approximate surface area is 153 Å². The van der Waals surface area contributed by atoms with Gasteiger partial charge in [-0.3, -0.25) is 14.4 Å². The van der Waals surface area contributed by atoms with E-state index in [1.807, 2.05) is 0 Å². The van der Waals surface area contributed by atoms with Gasteiger partial charge in [-0.25, -0.2) is 4.79 Å². The van der Waals surface area contributed by atoms with Crippen LogP contribution in [0.2, 0.25) is 0 Å². The second-order valence-corrected chi connectivity index (χ2v) is 6.11. The summed E-state index contributed by atoms with van der Waals surface area (Å²) >= 11 is 0. The molecule has 0 saturated heterocycles. The van der Waals surface area contributed by atoms with Gasteiger partial charge < -0.3 is 14.9 Å². The van der Waals surface area contributed by atoms with Gasteiger partial charge >= 0.3 is 5.97 Å². The first-order valence-corrected chi connectivity index (χ1v) is 8.17. The molecular weight excluding hydrogens is 352 g/mol. The van der Waals surface area contributed by atoms with E-state index in [1.54, 1.807) is 30.3 Å². The first kappa shape index (κ1) is 16.8. The van der Waals surface area contributed by atoms with E-state index in [1.165, 1.54) is 19.2 Å². The van der Waals surface area contributed by atoms with Gasteiger partial charge in [0.2, 0.25) is 5.91 Å². The van der Waals surface area contributed by atoms with Crippen LogP contribution in [0.15, 0.2) is 42.5 Å². The molecule has 0 radical (unpaired) electrons. The quantitative estimate of drug-likeness (QED) is 0.829. The fourth-order valence-electron chi connectivity index (χ4n) is 3.19. The zero-order valence-corrected chi connectivity index (χ0v) is 14.2. The molecule has 1 N–H and O–H groups in total. The largest absolute Gasteiger partial charge is 0.497 e. The monoisotopic (exact) mass is 366 g/mol. The molecule has 1 atom stereocenters. The Morgan fingerprint density at radius 2 is 1.74 bits per heavy atom. The minimum atomic E-state index is -0.853. The number of carbonyl (C=O) groups is 4. The lowest BCUT2D eigenvalue weighted by Gasteiger charge is -2.14. The van der Waals surface area contributed by atoms with Crippen LogP contribution in [0, 0.1) is 0 Å². The van der Waals surface area contributed by atoms with Crippen molar-refractivity contribution in [3.63, 3.8) is 0 Å². The fraction of sp³-hybridized carbons (Fsp3) is 0.158. The molecule has 2 heterocycles. The van der Waals surface area contributed by atoms with E-state index < -0.39 is 23.7 Å². The molecule has 0 bridgehead atoms. The Balaban J connectivity index is 1.49. The Hall–Kier alpha value is -3.68. The van der Waals surface area contributed by atoms with E-state index in [4.69, 9.17) is 9.57 Å². The molecule has 2 aliphatic rings. The molecule has 0 aromatic heterocycles. The third kappa shape index (κ3) is 2.71. The maximum absolute atomic E-state index is 12.3. The van der Waals surface area contributed by atoms with E-state index in [2.05, 4.69) is 5.32 Å². The lowest BCUT2D eigenvalue weighted by atomic mass is 9.97. The Bertz CT molecular complexity index is 964. The summed E-state index contributed by atoms with van der Waals surface area (Å²) in [5.41, 5.74) is 1.52. The molecule has 0 fully saturated rings.